The minimum Gasteiger partial charge on any atom is -0.496 e. The van der Waals surface area contributed by atoms with E-state index in [0.29, 0.717) is 28.5 Å². The molecule has 0 fully saturated rings. The minimum atomic E-state index is -0.114. The maximum atomic E-state index is 12.9. The monoisotopic (exact) mass is 327 g/mol. The highest BCUT2D eigenvalue weighted by Gasteiger charge is 2.20. The van der Waals surface area contributed by atoms with Gasteiger partial charge in [-0.05, 0) is 19.1 Å². The predicted molar refractivity (Wildman–Crippen MR) is 89.1 cm³/mol. The van der Waals surface area contributed by atoms with Crippen molar-refractivity contribution in [2.24, 2.45) is 0 Å². The highest BCUT2D eigenvalue weighted by atomic mass is 16.5. The standard InChI is InChI=1S/C18H18N2O4/c1-10-15(22-2)5-11(6-16(10)23-3)18(21)13-9-19-14-7-17(24-4)20-8-12(13)14/h5-9,19H,1-4H3/p+1. The van der Waals surface area contributed by atoms with Crippen molar-refractivity contribution in [1.29, 1.82) is 0 Å². The summed E-state index contributed by atoms with van der Waals surface area (Å²) in [5.41, 5.74) is 2.75. The third-order valence-corrected chi connectivity index (χ3v) is 4.07. The second kappa shape index (κ2) is 6.23. The van der Waals surface area contributed by atoms with E-state index < -0.39 is 0 Å². The summed E-state index contributed by atoms with van der Waals surface area (Å²) in [7, 11) is 4.73. The van der Waals surface area contributed by atoms with Crippen molar-refractivity contribution in [1.82, 2.24) is 4.98 Å². The zero-order valence-electron chi connectivity index (χ0n) is 14.0. The van der Waals surface area contributed by atoms with E-state index >= 15 is 0 Å². The Morgan fingerprint density at radius 3 is 2.29 bits per heavy atom. The Balaban J connectivity index is 2.09. The van der Waals surface area contributed by atoms with Crippen LogP contribution in [0.5, 0.6) is 17.4 Å². The SMILES string of the molecule is COc1cc2[nH]cc(C(=O)c3cc(OC)c(C)c(OC)c3)c2c[nH+]1. The maximum Gasteiger partial charge on any atom is 0.367 e. The van der Waals surface area contributed by atoms with Crippen LogP contribution in [0.1, 0.15) is 21.5 Å². The number of aromatic amines is 2. The van der Waals surface area contributed by atoms with E-state index in [2.05, 4.69) is 9.97 Å². The van der Waals surface area contributed by atoms with Crippen LogP contribution >= 0.6 is 0 Å². The number of carbonyl (C=O) groups is 1. The Morgan fingerprint density at radius 1 is 1.04 bits per heavy atom. The zero-order chi connectivity index (χ0) is 17.3. The molecule has 2 N–H and O–H groups in total. The van der Waals surface area contributed by atoms with E-state index in [9.17, 15) is 4.79 Å². The first-order valence-electron chi connectivity index (χ1n) is 7.43. The van der Waals surface area contributed by atoms with Crippen LogP contribution in [0.4, 0.5) is 0 Å². The molecule has 0 unspecified atom stereocenters. The largest absolute Gasteiger partial charge is 0.496 e. The van der Waals surface area contributed by atoms with Crippen LogP contribution < -0.4 is 19.2 Å². The van der Waals surface area contributed by atoms with Crippen molar-refractivity contribution in [3.63, 3.8) is 0 Å². The molecule has 0 radical (unpaired) electrons. The van der Waals surface area contributed by atoms with Crippen LogP contribution in [-0.4, -0.2) is 32.1 Å². The molecular weight excluding hydrogens is 308 g/mol. The van der Waals surface area contributed by atoms with Crippen molar-refractivity contribution in [3.05, 3.63) is 47.3 Å². The van der Waals surface area contributed by atoms with Gasteiger partial charge in [0.05, 0.1) is 43.9 Å². The Labute approximate surface area is 139 Å². The molecule has 2 aromatic heterocycles. The van der Waals surface area contributed by atoms with Gasteiger partial charge in [-0.1, -0.05) is 0 Å². The van der Waals surface area contributed by atoms with Crippen LogP contribution in [0.2, 0.25) is 0 Å². The number of nitrogens with one attached hydrogen (secondary N) is 2. The summed E-state index contributed by atoms with van der Waals surface area (Å²) in [6.45, 7) is 1.89. The van der Waals surface area contributed by atoms with Crippen molar-refractivity contribution >= 4 is 16.7 Å². The van der Waals surface area contributed by atoms with Gasteiger partial charge in [-0.3, -0.25) is 4.79 Å². The molecule has 0 aliphatic carbocycles. The molecule has 1 aromatic carbocycles. The van der Waals surface area contributed by atoms with Gasteiger partial charge in [-0.25, -0.2) is 0 Å². The number of pyridine rings is 1. The molecule has 0 atom stereocenters. The number of H-pyrrole nitrogens is 2. The van der Waals surface area contributed by atoms with E-state index in [1.54, 1.807) is 45.9 Å². The molecule has 6 heteroatoms. The topological polar surface area (TPSA) is 74.7 Å². The van der Waals surface area contributed by atoms with E-state index in [4.69, 9.17) is 14.2 Å². The van der Waals surface area contributed by atoms with Crippen molar-refractivity contribution in [2.45, 2.75) is 6.92 Å². The van der Waals surface area contributed by atoms with Gasteiger partial charge in [0.1, 0.15) is 11.5 Å². The molecule has 0 bridgehead atoms. The fourth-order valence-corrected chi connectivity index (χ4v) is 2.72. The fraction of sp³-hybridized carbons (Fsp3) is 0.222. The van der Waals surface area contributed by atoms with Gasteiger partial charge in [-0.2, -0.15) is 4.98 Å². The second-order valence-corrected chi connectivity index (χ2v) is 5.37. The average Bonchev–Trinajstić information content (AvgIpc) is 3.04. The molecule has 24 heavy (non-hydrogen) atoms. The molecular formula is C18H19N2O4+. The van der Waals surface area contributed by atoms with Crippen LogP contribution in [0.3, 0.4) is 0 Å². The number of methoxy groups -OCH3 is 3. The lowest BCUT2D eigenvalue weighted by atomic mass is 10.0. The molecule has 3 rings (SSSR count). The summed E-state index contributed by atoms with van der Waals surface area (Å²) in [5.74, 6) is 1.73. The molecule has 0 saturated heterocycles. The zero-order valence-corrected chi connectivity index (χ0v) is 14.0. The Bertz CT molecular complexity index is 890. The molecule has 0 saturated carbocycles. The number of ketones is 1. The molecule has 0 spiro atoms. The predicted octanol–water partition coefficient (Wildman–Crippen LogP) is 2.55. The summed E-state index contributed by atoms with van der Waals surface area (Å²) in [6.07, 6.45) is 3.44. The molecule has 124 valence electrons. The Hall–Kier alpha value is -3.02. The maximum absolute atomic E-state index is 12.9. The van der Waals surface area contributed by atoms with Crippen LogP contribution in [-0.2, 0) is 0 Å². The van der Waals surface area contributed by atoms with E-state index in [1.165, 1.54) is 0 Å². The number of aromatic nitrogens is 2. The smallest absolute Gasteiger partial charge is 0.367 e. The fourth-order valence-electron chi connectivity index (χ4n) is 2.72. The van der Waals surface area contributed by atoms with Crippen molar-refractivity contribution < 1.29 is 24.0 Å². The van der Waals surface area contributed by atoms with E-state index in [1.807, 2.05) is 13.0 Å². The lowest BCUT2D eigenvalue weighted by Crippen LogP contribution is -2.07. The average molecular weight is 327 g/mol. The van der Waals surface area contributed by atoms with Gasteiger partial charge in [0.25, 0.3) is 0 Å². The normalized spacial score (nSPS) is 10.7. The van der Waals surface area contributed by atoms with Gasteiger partial charge in [-0.15, -0.1) is 0 Å². The second-order valence-electron chi connectivity index (χ2n) is 5.37. The minimum absolute atomic E-state index is 0.114. The summed E-state index contributed by atoms with van der Waals surface area (Å²) in [4.78, 5) is 19.1. The van der Waals surface area contributed by atoms with Crippen LogP contribution in [0.15, 0.2) is 30.6 Å². The first kappa shape index (κ1) is 15.9. The number of ether oxygens (including phenoxy) is 3. The van der Waals surface area contributed by atoms with Gasteiger partial charge in [0.2, 0.25) is 0 Å². The van der Waals surface area contributed by atoms with Gasteiger partial charge < -0.3 is 19.2 Å². The third kappa shape index (κ3) is 2.56. The lowest BCUT2D eigenvalue weighted by Gasteiger charge is -2.11. The number of carbonyl (C=O) groups excluding carboxylic acids is 1. The molecule has 2 heterocycles. The molecule has 0 amide bonds. The van der Waals surface area contributed by atoms with Crippen LogP contribution in [0.25, 0.3) is 10.9 Å². The summed E-state index contributed by atoms with van der Waals surface area (Å²) < 4.78 is 15.9. The number of fused-ring (bicyclic) bond motifs is 1. The highest BCUT2D eigenvalue weighted by molar-refractivity contribution is 6.16. The first-order valence-corrected chi connectivity index (χ1v) is 7.43. The Morgan fingerprint density at radius 2 is 1.71 bits per heavy atom. The number of hydrogen-bond donors (Lipinski definition) is 1. The third-order valence-electron chi connectivity index (χ3n) is 4.07. The molecule has 0 aliphatic rings. The summed E-state index contributed by atoms with van der Waals surface area (Å²) in [5, 5.41) is 0.791. The molecule has 3 aromatic rings. The number of hydrogen-bond acceptors (Lipinski definition) is 4. The van der Waals surface area contributed by atoms with Crippen molar-refractivity contribution in [2.75, 3.05) is 21.3 Å². The summed E-state index contributed by atoms with van der Waals surface area (Å²) >= 11 is 0. The van der Waals surface area contributed by atoms with E-state index in [-0.39, 0.29) is 5.78 Å². The lowest BCUT2D eigenvalue weighted by molar-refractivity contribution is -0.390. The van der Waals surface area contributed by atoms with Gasteiger partial charge in [0.15, 0.2) is 12.0 Å². The molecule has 0 aliphatic heterocycles. The summed E-state index contributed by atoms with van der Waals surface area (Å²) in [6, 6.07) is 5.26. The molecule has 6 nitrogen and oxygen atoms in total. The van der Waals surface area contributed by atoms with E-state index in [0.717, 1.165) is 16.5 Å². The highest BCUT2D eigenvalue weighted by Crippen LogP contribution is 2.31. The van der Waals surface area contributed by atoms with Crippen LogP contribution in [0, 0.1) is 6.92 Å². The quantitative estimate of drug-likeness (QED) is 0.731. The Kier molecular flexibility index (Phi) is 4.12. The number of rotatable bonds is 5. The van der Waals surface area contributed by atoms with Gasteiger partial charge in [0, 0.05) is 17.3 Å². The van der Waals surface area contributed by atoms with Crippen molar-refractivity contribution in [3.8, 4) is 17.4 Å². The number of benzene rings is 1. The first-order chi connectivity index (χ1) is 11.6. The van der Waals surface area contributed by atoms with Gasteiger partial charge >= 0.3 is 5.88 Å².